The molecule has 9 nitrogen and oxygen atoms in total. The molecule has 0 spiro atoms. The zero-order valence-corrected chi connectivity index (χ0v) is 25.0. The highest BCUT2D eigenvalue weighted by molar-refractivity contribution is 8.00. The Morgan fingerprint density at radius 1 is 1.12 bits per heavy atom. The number of carboxylic acids is 1. The van der Waals surface area contributed by atoms with Crippen LogP contribution in [-0.4, -0.2) is 73.2 Å². The standard InChI is InChI=1S/C27H22Cl3N3O6S2/c28-17-8-19(30)20(9-18(17)29)40-12-21(35)31-22-25(37)33-23(27(38)39)15(11-41-26(22)33)7-14-4-5-32(24(14)36)10-13-2-1-3-16(34)6-13/h1-3,6-9,22,26,34H,4-5,10-12H2,(H,31,35)(H,38,39)/b14-7+. The fourth-order valence-corrected chi connectivity index (χ4v) is 7.61. The first-order valence-electron chi connectivity index (χ1n) is 12.3. The van der Waals surface area contributed by atoms with Crippen LogP contribution in [0.4, 0.5) is 0 Å². The SMILES string of the molecule is O=C(CSc1cc(Cl)c(Cl)cc1Cl)NC1C(=O)N2C(C(=O)O)=C(/C=C3\CCN(Cc4cccc(O)c4)C3=O)CSC12. The van der Waals surface area contributed by atoms with E-state index in [1.807, 2.05) is 6.07 Å². The highest BCUT2D eigenvalue weighted by atomic mass is 35.5. The van der Waals surface area contributed by atoms with Gasteiger partial charge in [0.15, 0.2) is 0 Å². The number of carbonyl (C=O) groups is 4. The molecular weight excluding hydrogens is 633 g/mol. The lowest BCUT2D eigenvalue weighted by molar-refractivity contribution is -0.150. The minimum atomic E-state index is -1.29. The molecule has 0 saturated carbocycles. The number of aliphatic carboxylic acids is 1. The number of hydrogen-bond acceptors (Lipinski definition) is 7. The summed E-state index contributed by atoms with van der Waals surface area (Å²) in [6, 6.07) is 8.80. The quantitative estimate of drug-likeness (QED) is 0.164. The van der Waals surface area contributed by atoms with Gasteiger partial charge in [0.1, 0.15) is 22.9 Å². The predicted octanol–water partition coefficient (Wildman–Crippen LogP) is 4.54. The van der Waals surface area contributed by atoms with Gasteiger partial charge in [-0.05, 0) is 47.9 Å². The van der Waals surface area contributed by atoms with Crippen LogP contribution < -0.4 is 5.32 Å². The maximum absolute atomic E-state index is 13.0. The summed E-state index contributed by atoms with van der Waals surface area (Å²) in [5.74, 6) is -2.15. The van der Waals surface area contributed by atoms with Gasteiger partial charge < -0.3 is 20.4 Å². The van der Waals surface area contributed by atoms with Gasteiger partial charge in [0.25, 0.3) is 5.91 Å². The second-order valence-electron chi connectivity index (χ2n) is 9.44. The van der Waals surface area contributed by atoms with E-state index in [9.17, 15) is 29.4 Å². The molecule has 0 bridgehead atoms. The number of benzene rings is 2. The fraction of sp³-hybridized carbons (Fsp3) is 0.259. The Kier molecular flexibility index (Phi) is 8.81. The third kappa shape index (κ3) is 6.19. The highest BCUT2D eigenvalue weighted by Crippen LogP contribution is 2.41. The molecule has 3 heterocycles. The first-order valence-corrected chi connectivity index (χ1v) is 15.5. The van der Waals surface area contributed by atoms with E-state index in [-0.39, 0.29) is 28.9 Å². The number of β-lactam (4-membered cyclic amide) rings is 1. The molecule has 0 aromatic heterocycles. The van der Waals surface area contributed by atoms with Gasteiger partial charge in [-0.3, -0.25) is 19.3 Å². The van der Waals surface area contributed by atoms with Crippen molar-refractivity contribution < 1.29 is 29.4 Å². The molecule has 2 aromatic carbocycles. The number of rotatable bonds is 8. The minimum Gasteiger partial charge on any atom is -0.508 e. The van der Waals surface area contributed by atoms with Crippen LogP contribution >= 0.6 is 58.3 Å². The second-order valence-corrected chi connectivity index (χ2v) is 12.8. The van der Waals surface area contributed by atoms with E-state index in [2.05, 4.69) is 5.32 Å². The van der Waals surface area contributed by atoms with Crippen molar-refractivity contribution in [2.75, 3.05) is 18.1 Å². The smallest absolute Gasteiger partial charge is 0.352 e. The monoisotopic (exact) mass is 653 g/mol. The number of amides is 3. The van der Waals surface area contributed by atoms with Crippen LogP contribution in [0.3, 0.4) is 0 Å². The van der Waals surface area contributed by atoms with Crippen LogP contribution in [0.5, 0.6) is 5.75 Å². The number of fused-ring (bicyclic) bond motifs is 1. The largest absolute Gasteiger partial charge is 0.508 e. The van der Waals surface area contributed by atoms with Crippen LogP contribution in [-0.2, 0) is 25.7 Å². The van der Waals surface area contributed by atoms with Crippen LogP contribution in [0.2, 0.25) is 15.1 Å². The summed E-state index contributed by atoms with van der Waals surface area (Å²) in [5.41, 5.74) is 1.41. The van der Waals surface area contributed by atoms with Crippen molar-refractivity contribution in [1.82, 2.24) is 15.1 Å². The lowest BCUT2D eigenvalue weighted by atomic mass is 10.0. The van der Waals surface area contributed by atoms with Crippen molar-refractivity contribution in [3.8, 4) is 5.75 Å². The molecule has 5 rings (SSSR count). The predicted molar refractivity (Wildman–Crippen MR) is 158 cm³/mol. The van der Waals surface area contributed by atoms with Crippen molar-refractivity contribution in [2.24, 2.45) is 0 Å². The number of aromatic hydroxyl groups is 1. The molecule has 41 heavy (non-hydrogen) atoms. The van der Waals surface area contributed by atoms with Crippen LogP contribution in [0.1, 0.15) is 12.0 Å². The average molecular weight is 655 g/mol. The third-order valence-electron chi connectivity index (χ3n) is 6.70. The lowest BCUT2D eigenvalue weighted by Gasteiger charge is -2.49. The molecule has 3 N–H and O–H groups in total. The Hall–Kier alpha value is -2.83. The molecule has 14 heteroatoms. The van der Waals surface area contributed by atoms with Gasteiger partial charge in [-0.1, -0.05) is 46.9 Å². The van der Waals surface area contributed by atoms with Gasteiger partial charge in [0.2, 0.25) is 11.8 Å². The number of likely N-dealkylation sites (tertiary alicyclic amines) is 1. The van der Waals surface area contributed by atoms with Crippen molar-refractivity contribution in [3.05, 3.63) is 79.9 Å². The van der Waals surface area contributed by atoms with Gasteiger partial charge in [-0.2, -0.15) is 0 Å². The van der Waals surface area contributed by atoms with Gasteiger partial charge in [-0.15, -0.1) is 23.5 Å². The number of hydrogen-bond donors (Lipinski definition) is 3. The number of allylic oxidation sites excluding steroid dienone is 1. The van der Waals surface area contributed by atoms with E-state index in [1.165, 1.54) is 22.7 Å². The van der Waals surface area contributed by atoms with Gasteiger partial charge >= 0.3 is 5.97 Å². The molecular formula is C27H22Cl3N3O6S2. The molecule has 3 aliphatic heterocycles. The van der Waals surface area contributed by atoms with Gasteiger partial charge in [-0.25, -0.2) is 4.79 Å². The van der Waals surface area contributed by atoms with Crippen LogP contribution in [0, 0.1) is 0 Å². The fourth-order valence-electron chi connectivity index (χ4n) is 4.76. The van der Waals surface area contributed by atoms with Crippen LogP contribution in [0.25, 0.3) is 0 Å². The van der Waals surface area contributed by atoms with E-state index in [1.54, 1.807) is 35.2 Å². The molecule has 214 valence electrons. The zero-order chi connectivity index (χ0) is 29.4. The summed E-state index contributed by atoms with van der Waals surface area (Å²) < 4.78 is 0. The Morgan fingerprint density at radius 3 is 2.61 bits per heavy atom. The molecule has 2 fully saturated rings. The van der Waals surface area contributed by atoms with Crippen molar-refractivity contribution in [3.63, 3.8) is 0 Å². The molecule has 2 saturated heterocycles. The molecule has 0 aliphatic carbocycles. The summed E-state index contributed by atoms with van der Waals surface area (Å²) in [4.78, 5) is 54.2. The molecule has 2 aromatic rings. The molecule has 2 unspecified atom stereocenters. The van der Waals surface area contributed by atoms with Gasteiger partial charge in [0, 0.05) is 29.3 Å². The molecule has 3 aliphatic rings. The number of phenols is 1. The number of thioether (sulfide) groups is 2. The Morgan fingerprint density at radius 2 is 1.88 bits per heavy atom. The Bertz CT molecular complexity index is 1530. The first kappa shape index (κ1) is 29.7. The maximum Gasteiger partial charge on any atom is 0.352 e. The van der Waals surface area contributed by atoms with E-state index in [4.69, 9.17) is 34.8 Å². The van der Waals surface area contributed by atoms with E-state index < -0.39 is 29.2 Å². The van der Waals surface area contributed by atoms with E-state index >= 15 is 0 Å². The zero-order valence-electron chi connectivity index (χ0n) is 21.1. The molecule has 2 atom stereocenters. The molecule has 0 radical (unpaired) electrons. The Labute approximate surface area is 258 Å². The lowest BCUT2D eigenvalue weighted by Crippen LogP contribution is -2.70. The summed E-state index contributed by atoms with van der Waals surface area (Å²) in [7, 11) is 0. The first-order chi connectivity index (χ1) is 19.5. The van der Waals surface area contributed by atoms with Crippen molar-refractivity contribution >= 4 is 82.0 Å². The summed E-state index contributed by atoms with van der Waals surface area (Å²) in [5, 5.41) is 22.7. The molecule has 3 amide bonds. The number of nitrogens with one attached hydrogen (secondary N) is 1. The minimum absolute atomic E-state index is 0.0426. The summed E-state index contributed by atoms with van der Waals surface area (Å²) in [6.45, 7) is 0.766. The van der Waals surface area contributed by atoms with Crippen LogP contribution in [0.15, 0.2) is 64.2 Å². The van der Waals surface area contributed by atoms with Crippen molar-refractivity contribution in [2.45, 2.75) is 29.3 Å². The number of carboxylic acid groups (broad SMARTS) is 1. The number of nitrogens with zero attached hydrogens (tertiary/aromatic N) is 2. The Balaban J connectivity index is 1.25. The highest BCUT2D eigenvalue weighted by Gasteiger charge is 2.54. The van der Waals surface area contributed by atoms with Gasteiger partial charge in [0.05, 0.1) is 20.8 Å². The van der Waals surface area contributed by atoms with Crippen molar-refractivity contribution in [1.29, 1.82) is 0 Å². The second kappa shape index (κ2) is 12.2. The van der Waals surface area contributed by atoms with E-state index in [0.29, 0.717) is 50.6 Å². The normalized spacial score (nSPS) is 21.3. The topological polar surface area (TPSA) is 127 Å². The summed E-state index contributed by atoms with van der Waals surface area (Å²) >= 11 is 20.6. The third-order valence-corrected chi connectivity index (χ3v) is 10.2. The maximum atomic E-state index is 13.0. The average Bonchev–Trinajstić information content (AvgIpc) is 3.26. The summed E-state index contributed by atoms with van der Waals surface area (Å²) in [6.07, 6.45) is 1.99. The number of carbonyl (C=O) groups excluding carboxylic acids is 3. The number of halogens is 3. The number of phenolic OH excluding ortho intramolecular Hbond substituents is 1. The van der Waals surface area contributed by atoms with E-state index in [0.717, 1.165) is 17.3 Å².